The van der Waals surface area contributed by atoms with E-state index in [9.17, 15) is 14.7 Å². The van der Waals surface area contributed by atoms with Gasteiger partial charge in [-0.1, -0.05) is 42.5 Å². The lowest BCUT2D eigenvalue weighted by Crippen LogP contribution is -2.36. The maximum atomic E-state index is 13.0. The fraction of sp³-hybridized carbons (Fsp3) is 0.304. The van der Waals surface area contributed by atoms with Crippen LogP contribution in [0.25, 0.3) is 5.76 Å². The maximum absolute atomic E-state index is 13.0. The third-order valence-corrected chi connectivity index (χ3v) is 5.44. The van der Waals surface area contributed by atoms with Gasteiger partial charge in [-0.15, -0.1) is 0 Å². The first-order valence-corrected chi connectivity index (χ1v) is 9.70. The van der Waals surface area contributed by atoms with Gasteiger partial charge < -0.3 is 19.5 Å². The van der Waals surface area contributed by atoms with Crippen molar-refractivity contribution in [3.05, 3.63) is 71.3 Å². The van der Waals surface area contributed by atoms with Crippen molar-refractivity contribution in [2.75, 3.05) is 20.3 Å². The molecule has 2 atom stereocenters. The van der Waals surface area contributed by atoms with Gasteiger partial charge in [0, 0.05) is 13.2 Å². The summed E-state index contributed by atoms with van der Waals surface area (Å²) in [6.07, 6.45) is 1.67. The zero-order valence-electron chi connectivity index (χ0n) is 16.2. The van der Waals surface area contributed by atoms with E-state index in [1.165, 1.54) is 12.0 Å². The van der Waals surface area contributed by atoms with E-state index >= 15 is 0 Å². The summed E-state index contributed by atoms with van der Waals surface area (Å²) in [4.78, 5) is 27.4. The van der Waals surface area contributed by atoms with Crippen LogP contribution in [-0.4, -0.2) is 48.1 Å². The number of para-hydroxylation sites is 1. The van der Waals surface area contributed by atoms with Crippen molar-refractivity contribution < 1.29 is 24.2 Å². The van der Waals surface area contributed by atoms with E-state index in [1.807, 2.05) is 30.3 Å². The van der Waals surface area contributed by atoms with Crippen LogP contribution in [0, 0.1) is 0 Å². The SMILES string of the molecule is COc1ccccc1/C(O)=C1/C(=O)C(=O)N(CC2CCCO2)C1c1ccccc1. The molecule has 2 saturated heterocycles. The van der Waals surface area contributed by atoms with Crippen molar-refractivity contribution in [3.8, 4) is 5.75 Å². The van der Waals surface area contributed by atoms with Gasteiger partial charge in [0.25, 0.3) is 11.7 Å². The molecule has 150 valence electrons. The highest BCUT2D eigenvalue weighted by Crippen LogP contribution is 2.41. The van der Waals surface area contributed by atoms with Crippen molar-refractivity contribution in [1.82, 2.24) is 4.90 Å². The second-order valence-corrected chi connectivity index (χ2v) is 7.20. The molecule has 0 radical (unpaired) electrons. The van der Waals surface area contributed by atoms with E-state index in [4.69, 9.17) is 9.47 Å². The number of methoxy groups -OCH3 is 1. The number of benzene rings is 2. The largest absolute Gasteiger partial charge is 0.507 e. The molecule has 2 heterocycles. The van der Waals surface area contributed by atoms with Crippen molar-refractivity contribution in [2.24, 2.45) is 0 Å². The van der Waals surface area contributed by atoms with Crippen LogP contribution in [0.15, 0.2) is 60.2 Å². The van der Waals surface area contributed by atoms with E-state index in [2.05, 4.69) is 0 Å². The highest BCUT2D eigenvalue weighted by molar-refractivity contribution is 6.46. The lowest BCUT2D eigenvalue weighted by atomic mass is 9.95. The molecule has 1 amide bonds. The summed E-state index contributed by atoms with van der Waals surface area (Å²) < 4.78 is 11.0. The monoisotopic (exact) mass is 393 g/mol. The van der Waals surface area contributed by atoms with Crippen molar-refractivity contribution in [1.29, 1.82) is 0 Å². The first kappa shape index (κ1) is 19.2. The van der Waals surface area contributed by atoms with Gasteiger partial charge in [-0.05, 0) is 30.5 Å². The maximum Gasteiger partial charge on any atom is 0.295 e. The average molecular weight is 393 g/mol. The number of hydrogen-bond donors (Lipinski definition) is 1. The number of rotatable bonds is 5. The number of amides is 1. The third-order valence-electron chi connectivity index (χ3n) is 5.44. The quantitative estimate of drug-likeness (QED) is 0.479. The Bertz CT molecular complexity index is 947. The van der Waals surface area contributed by atoms with Crippen molar-refractivity contribution in [2.45, 2.75) is 25.0 Å². The summed E-state index contributed by atoms with van der Waals surface area (Å²) in [6, 6.07) is 15.5. The second kappa shape index (κ2) is 8.09. The molecule has 6 nitrogen and oxygen atoms in total. The predicted molar refractivity (Wildman–Crippen MR) is 107 cm³/mol. The van der Waals surface area contributed by atoms with Crippen LogP contribution < -0.4 is 4.74 Å². The summed E-state index contributed by atoms with van der Waals surface area (Å²) in [5.74, 6) is -1.11. The molecule has 0 saturated carbocycles. The summed E-state index contributed by atoms with van der Waals surface area (Å²) in [7, 11) is 1.50. The first-order valence-electron chi connectivity index (χ1n) is 9.70. The fourth-order valence-electron chi connectivity index (χ4n) is 4.04. The predicted octanol–water partition coefficient (Wildman–Crippen LogP) is 3.30. The average Bonchev–Trinajstić information content (AvgIpc) is 3.36. The second-order valence-electron chi connectivity index (χ2n) is 7.20. The van der Waals surface area contributed by atoms with Gasteiger partial charge in [-0.3, -0.25) is 9.59 Å². The van der Waals surface area contributed by atoms with Crippen molar-refractivity contribution >= 4 is 17.4 Å². The first-order chi connectivity index (χ1) is 14.1. The molecule has 0 aliphatic carbocycles. The zero-order valence-corrected chi connectivity index (χ0v) is 16.2. The Hall–Kier alpha value is -3.12. The number of Topliss-reactive ketones (excluding diaryl/α,β-unsaturated/α-hetero) is 1. The van der Waals surface area contributed by atoms with E-state index in [0.29, 0.717) is 24.5 Å². The van der Waals surface area contributed by atoms with Gasteiger partial charge in [-0.25, -0.2) is 0 Å². The number of ketones is 1. The number of hydrogen-bond acceptors (Lipinski definition) is 5. The zero-order chi connectivity index (χ0) is 20.4. The van der Waals surface area contributed by atoms with Gasteiger partial charge in [0.1, 0.15) is 11.5 Å². The topological polar surface area (TPSA) is 76.1 Å². The minimum Gasteiger partial charge on any atom is -0.507 e. The van der Waals surface area contributed by atoms with Crippen LogP contribution >= 0.6 is 0 Å². The number of aliphatic hydroxyl groups excluding tert-OH is 1. The molecule has 0 bridgehead atoms. The smallest absolute Gasteiger partial charge is 0.295 e. The summed E-state index contributed by atoms with van der Waals surface area (Å²) >= 11 is 0. The van der Waals surface area contributed by atoms with Crippen LogP contribution in [0.2, 0.25) is 0 Å². The van der Waals surface area contributed by atoms with E-state index in [0.717, 1.165) is 18.4 Å². The lowest BCUT2D eigenvalue weighted by Gasteiger charge is -2.27. The Balaban J connectivity index is 1.84. The molecule has 0 spiro atoms. The number of ether oxygens (including phenoxy) is 2. The Kier molecular flexibility index (Phi) is 5.36. The standard InChI is InChI=1S/C23H23NO5/c1-28-18-12-6-5-11-17(18)21(25)19-20(15-8-3-2-4-9-15)24(23(27)22(19)26)14-16-10-7-13-29-16/h2-6,8-9,11-12,16,20,25H,7,10,13-14H2,1H3/b21-19-. The minimum atomic E-state index is -0.694. The van der Waals surface area contributed by atoms with Gasteiger partial charge >= 0.3 is 0 Å². The molecule has 2 aliphatic rings. The molecule has 0 aromatic heterocycles. The highest BCUT2D eigenvalue weighted by atomic mass is 16.5. The number of aliphatic hydroxyl groups is 1. The molecule has 2 aromatic carbocycles. The normalized spacial score (nSPS) is 23.6. The molecule has 2 fully saturated rings. The molecule has 2 unspecified atom stereocenters. The number of carbonyl (C=O) groups is 2. The molecule has 2 aliphatic heterocycles. The summed E-state index contributed by atoms with van der Waals surface area (Å²) in [5.41, 5.74) is 1.22. The van der Waals surface area contributed by atoms with Crippen LogP contribution in [0.5, 0.6) is 5.75 Å². The number of nitrogens with zero attached hydrogens (tertiary/aromatic N) is 1. The van der Waals surface area contributed by atoms with Crippen molar-refractivity contribution in [3.63, 3.8) is 0 Å². The Morgan fingerprint density at radius 1 is 1.14 bits per heavy atom. The number of likely N-dealkylation sites (tertiary alicyclic amines) is 1. The van der Waals surface area contributed by atoms with Gasteiger partial charge in [0.05, 0.1) is 30.4 Å². The van der Waals surface area contributed by atoms with Crippen LogP contribution in [0.4, 0.5) is 0 Å². The molecule has 4 rings (SSSR count). The van der Waals surface area contributed by atoms with Crippen LogP contribution in [-0.2, 0) is 14.3 Å². The van der Waals surface area contributed by atoms with E-state index < -0.39 is 17.7 Å². The summed E-state index contributed by atoms with van der Waals surface area (Å²) in [6.45, 7) is 0.971. The van der Waals surface area contributed by atoms with E-state index in [1.54, 1.807) is 24.3 Å². The summed E-state index contributed by atoms with van der Waals surface area (Å²) in [5, 5.41) is 11.1. The minimum absolute atomic E-state index is 0.0729. The Morgan fingerprint density at radius 3 is 2.55 bits per heavy atom. The van der Waals surface area contributed by atoms with Crippen LogP contribution in [0.3, 0.4) is 0 Å². The molecular weight excluding hydrogens is 370 g/mol. The van der Waals surface area contributed by atoms with E-state index in [-0.39, 0.29) is 17.4 Å². The fourth-order valence-corrected chi connectivity index (χ4v) is 4.04. The van der Waals surface area contributed by atoms with Gasteiger partial charge in [-0.2, -0.15) is 0 Å². The van der Waals surface area contributed by atoms with Gasteiger partial charge in [0.2, 0.25) is 0 Å². The Labute approximate surface area is 169 Å². The van der Waals surface area contributed by atoms with Crippen LogP contribution in [0.1, 0.15) is 30.0 Å². The number of carbonyl (C=O) groups excluding carboxylic acids is 2. The molecule has 29 heavy (non-hydrogen) atoms. The molecule has 6 heteroatoms. The lowest BCUT2D eigenvalue weighted by molar-refractivity contribution is -0.140. The van der Waals surface area contributed by atoms with Gasteiger partial charge in [0.15, 0.2) is 0 Å². The highest BCUT2D eigenvalue weighted by Gasteiger charge is 2.47. The molecule has 1 N–H and O–H groups in total. The third kappa shape index (κ3) is 3.51. The molecule has 2 aromatic rings. The Morgan fingerprint density at radius 2 is 1.86 bits per heavy atom. The molecular formula is C23H23NO5.